The van der Waals surface area contributed by atoms with Gasteiger partial charge in [0.05, 0.1) is 11.4 Å². The number of hydrogen-bond acceptors (Lipinski definition) is 5. The second-order valence-corrected chi connectivity index (χ2v) is 4.93. The zero-order chi connectivity index (χ0) is 15.5. The third-order valence-corrected chi connectivity index (χ3v) is 3.26. The number of carbonyl (C=O) groups is 2. The van der Waals surface area contributed by atoms with Crippen molar-refractivity contribution in [3.05, 3.63) is 36.0 Å². The van der Waals surface area contributed by atoms with E-state index >= 15 is 0 Å². The molecule has 0 bridgehead atoms. The van der Waals surface area contributed by atoms with E-state index in [1.54, 1.807) is 30.0 Å². The maximum Gasteiger partial charge on any atom is 0.265 e. The van der Waals surface area contributed by atoms with Crippen LogP contribution >= 0.6 is 0 Å². The van der Waals surface area contributed by atoms with Gasteiger partial charge in [-0.3, -0.25) is 14.9 Å². The highest BCUT2D eigenvalue weighted by molar-refractivity contribution is 5.99. The number of amides is 2. The highest BCUT2D eigenvalue weighted by Gasteiger charge is 2.25. The zero-order valence-corrected chi connectivity index (χ0v) is 12.0. The Labute approximate surface area is 126 Å². The van der Waals surface area contributed by atoms with Gasteiger partial charge in [-0.05, 0) is 19.1 Å². The molecule has 2 aromatic rings. The maximum atomic E-state index is 12.0. The van der Waals surface area contributed by atoms with Crippen molar-refractivity contribution in [2.24, 2.45) is 0 Å². The number of benzene rings is 1. The largest absolute Gasteiger partial charge is 0.482 e. The third-order valence-electron chi connectivity index (χ3n) is 3.26. The second-order valence-electron chi connectivity index (χ2n) is 4.93. The summed E-state index contributed by atoms with van der Waals surface area (Å²) in [5.74, 6) is 0.541. The molecular formula is C15H15N3O4. The summed E-state index contributed by atoms with van der Waals surface area (Å²) in [5.41, 5.74) is 1.37. The van der Waals surface area contributed by atoms with Gasteiger partial charge in [0, 0.05) is 19.0 Å². The lowest BCUT2D eigenvalue weighted by molar-refractivity contribution is -0.121. The molecule has 1 aromatic carbocycles. The Morgan fingerprint density at radius 1 is 1.41 bits per heavy atom. The van der Waals surface area contributed by atoms with Crippen LogP contribution in [0.1, 0.15) is 12.1 Å². The fourth-order valence-corrected chi connectivity index (χ4v) is 2.23. The number of carbonyl (C=O) groups excluding carboxylic acids is 2. The van der Waals surface area contributed by atoms with E-state index in [9.17, 15) is 9.59 Å². The van der Waals surface area contributed by atoms with Crippen LogP contribution in [0.25, 0.3) is 0 Å². The Hall–Kier alpha value is -2.83. The first-order valence-electron chi connectivity index (χ1n) is 6.89. The van der Waals surface area contributed by atoms with Crippen molar-refractivity contribution in [2.45, 2.75) is 13.3 Å². The van der Waals surface area contributed by atoms with E-state index in [1.165, 1.54) is 0 Å². The standard InChI is InChI=1S/C15H15N3O4/c1-10-8-14(22-17-10)16-13(19)6-7-18-11-4-2-3-5-12(11)21-9-15(18)20/h2-5,8H,6-7,9H2,1H3,(H,16,19). The van der Waals surface area contributed by atoms with Gasteiger partial charge in [-0.25, -0.2) is 0 Å². The van der Waals surface area contributed by atoms with Gasteiger partial charge in [0.1, 0.15) is 5.75 Å². The molecule has 2 amide bonds. The van der Waals surface area contributed by atoms with Gasteiger partial charge in [-0.1, -0.05) is 17.3 Å². The molecule has 1 aliphatic heterocycles. The lowest BCUT2D eigenvalue weighted by atomic mass is 10.2. The summed E-state index contributed by atoms with van der Waals surface area (Å²) in [4.78, 5) is 25.4. The molecule has 2 heterocycles. The molecule has 0 atom stereocenters. The molecule has 1 N–H and O–H groups in total. The molecule has 0 radical (unpaired) electrons. The molecule has 0 spiro atoms. The number of nitrogens with zero attached hydrogens (tertiary/aromatic N) is 2. The van der Waals surface area contributed by atoms with Crippen molar-refractivity contribution in [3.63, 3.8) is 0 Å². The van der Waals surface area contributed by atoms with Gasteiger partial charge in [0.15, 0.2) is 6.61 Å². The van der Waals surface area contributed by atoms with Crippen molar-refractivity contribution in [2.75, 3.05) is 23.4 Å². The average Bonchev–Trinajstić information content (AvgIpc) is 2.91. The molecule has 0 unspecified atom stereocenters. The smallest absolute Gasteiger partial charge is 0.265 e. The molecule has 0 aliphatic carbocycles. The molecule has 22 heavy (non-hydrogen) atoms. The summed E-state index contributed by atoms with van der Waals surface area (Å²) in [7, 11) is 0. The van der Waals surface area contributed by atoms with Crippen LogP contribution in [-0.2, 0) is 9.59 Å². The Bertz CT molecular complexity index is 710. The highest BCUT2D eigenvalue weighted by Crippen LogP contribution is 2.31. The van der Waals surface area contributed by atoms with Crippen molar-refractivity contribution >= 4 is 23.4 Å². The summed E-state index contributed by atoms with van der Waals surface area (Å²) in [6.07, 6.45) is 0.153. The molecule has 114 valence electrons. The number of fused-ring (bicyclic) bond motifs is 1. The van der Waals surface area contributed by atoms with Crippen molar-refractivity contribution in [1.82, 2.24) is 5.16 Å². The minimum Gasteiger partial charge on any atom is -0.482 e. The Morgan fingerprint density at radius 3 is 3.00 bits per heavy atom. The van der Waals surface area contributed by atoms with Gasteiger partial charge >= 0.3 is 0 Å². The van der Waals surface area contributed by atoms with Crippen LogP contribution in [0, 0.1) is 6.92 Å². The average molecular weight is 301 g/mol. The van der Waals surface area contributed by atoms with Crippen LogP contribution in [0.3, 0.4) is 0 Å². The fraction of sp³-hybridized carbons (Fsp3) is 0.267. The monoisotopic (exact) mass is 301 g/mol. The van der Waals surface area contributed by atoms with Crippen LogP contribution in [0.5, 0.6) is 5.75 Å². The first kappa shape index (κ1) is 14.1. The predicted octanol–water partition coefficient (Wildman–Crippen LogP) is 1.74. The first-order chi connectivity index (χ1) is 10.6. The molecule has 1 aromatic heterocycles. The Morgan fingerprint density at radius 2 is 2.23 bits per heavy atom. The number of anilines is 2. The summed E-state index contributed by atoms with van der Waals surface area (Å²) >= 11 is 0. The molecule has 7 heteroatoms. The van der Waals surface area contributed by atoms with Crippen LogP contribution < -0.4 is 15.0 Å². The summed E-state index contributed by atoms with van der Waals surface area (Å²) < 4.78 is 10.3. The summed E-state index contributed by atoms with van der Waals surface area (Å²) in [6, 6.07) is 8.89. The predicted molar refractivity (Wildman–Crippen MR) is 78.8 cm³/mol. The van der Waals surface area contributed by atoms with Crippen molar-refractivity contribution in [1.29, 1.82) is 0 Å². The van der Waals surface area contributed by atoms with Gasteiger partial charge in [-0.15, -0.1) is 0 Å². The fourth-order valence-electron chi connectivity index (χ4n) is 2.23. The van der Waals surface area contributed by atoms with Crippen molar-refractivity contribution < 1.29 is 18.8 Å². The van der Waals surface area contributed by atoms with Gasteiger partial charge in [-0.2, -0.15) is 0 Å². The Kier molecular flexibility index (Phi) is 3.78. The van der Waals surface area contributed by atoms with Crippen LogP contribution in [0.4, 0.5) is 11.6 Å². The molecule has 1 aliphatic rings. The number of aromatic nitrogens is 1. The lowest BCUT2D eigenvalue weighted by Gasteiger charge is -2.29. The first-order valence-corrected chi connectivity index (χ1v) is 6.89. The summed E-state index contributed by atoms with van der Waals surface area (Å²) in [6.45, 7) is 2.03. The van der Waals surface area contributed by atoms with Crippen LogP contribution in [0.2, 0.25) is 0 Å². The number of aryl methyl sites for hydroxylation is 1. The molecule has 0 saturated heterocycles. The lowest BCUT2D eigenvalue weighted by Crippen LogP contribution is -2.40. The third kappa shape index (κ3) is 2.93. The zero-order valence-electron chi connectivity index (χ0n) is 12.0. The number of rotatable bonds is 4. The number of nitrogens with one attached hydrogen (secondary N) is 1. The Balaban J connectivity index is 1.63. The topological polar surface area (TPSA) is 84.7 Å². The van der Waals surface area contributed by atoms with E-state index in [1.807, 2.05) is 12.1 Å². The van der Waals surface area contributed by atoms with E-state index in [2.05, 4.69) is 10.5 Å². The van der Waals surface area contributed by atoms with Crippen molar-refractivity contribution in [3.8, 4) is 5.75 Å². The van der Waals surface area contributed by atoms with E-state index in [0.29, 0.717) is 23.0 Å². The maximum absolute atomic E-state index is 12.0. The molecule has 0 saturated carbocycles. The van der Waals surface area contributed by atoms with E-state index in [4.69, 9.17) is 9.26 Å². The van der Waals surface area contributed by atoms with Gasteiger partial charge in [0.2, 0.25) is 11.8 Å². The quantitative estimate of drug-likeness (QED) is 0.929. The molecule has 3 rings (SSSR count). The van der Waals surface area contributed by atoms with Crippen LogP contribution in [-0.4, -0.2) is 30.1 Å². The van der Waals surface area contributed by atoms with Crippen LogP contribution in [0.15, 0.2) is 34.9 Å². The molecule has 0 fully saturated rings. The van der Waals surface area contributed by atoms with E-state index < -0.39 is 0 Å². The molecule has 7 nitrogen and oxygen atoms in total. The second kappa shape index (κ2) is 5.88. The minimum atomic E-state index is -0.243. The van der Waals surface area contributed by atoms with Gasteiger partial charge < -0.3 is 14.2 Å². The van der Waals surface area contributed by atoms with E-state index in [-0.39, 0.29) is 31.4 Å². The number of ether oxygens (including phenoxy) is 1. The van der Waals surface area contributed by atoms with E-state index in [0.717, 1.165) is 0 Å². The highest BCUT2D eigenvalue weighted by atomic mass is 16.5. The SMILES string of the molecule is Cc1cc(NC(=O)CCN2C(=O)COc3ccccc32)on1. The summed E-state index contributed by atoms with van der Waals surface area (Å²) in [5, 5.41) is 6.29. The number of para-hydroxylation sites is 2. The normalized spacial score (nSPS) is 13.5. The molecular weight excluding hydrogens is 286 g/mol. The number of hydrogen-bond donors (Lipinski definition) is 1. The minimum absolute atomic E-state index is 0.0140. The van der Waals surface area contributed by atoms with Gasteiger partial charge in [0.25, 0.3) is 5.91 Å².